The van der Waals surface area contributed by atoms with Gasteiger partial charge >= 0.3 is 0 Å². The number of hydrogen-bond acceptors (Lipinski definition) is 3. The van der Waals surface area contributed by atoms with Crippen molar-refractivity contribution in [1.82, 2.24) is 0 Å². The fraction of sp³-hybridized carbons (Fsp3) is 1.00. The third kappa shape index (κ3) is 8.53. The topological polar surface area (TPSA) is 18.5 Å². The Hall–Kier alpha value is 0.270. The lowest BCUT2D eigenvalue weighted by atomic mass is 9.89. The van der Waals surface area contributed by atoms with Crippen LogP contribution in [0.1, 0.15) is 71.6 Å². The third-order valence-corrected chi connectivity index (χ3v) is 5.06. The summed E-state index contributed by atoms with van der Waals surface area (Å²) in [4.78, 5) is 0. The first-order chi connectivity index (χ1) is 9.64. The van der Waals surface area contributed by atoms with E-state index >= 15 is 0 Å². The molecule has 0 amide bonds. The molecule has 0 aliphatic carbocycles. The van der Waals surface area contributed by atoms with E-state index in [2.05, 4.69) is 20.1 Å². The van der Waals surface area contributed by atoms with Crippen molar-refractivity contribution >= 4 is 11.8 Å². The largest absolute Gasteiger partial charge is 0.353 e. The van der Waals surface area contributed by atoms with Gasteiger partial charge in [0.25, 0.3) is 0 Å². The summed E-state index contributed by atoms with van der Waals surface area (Å²) >= 11 is 1.93. The van der Waals surface area contributed by atoms with E-state index in [4.69, 9.17) is 9.47 Å². The van der Waals surface area contributed by atoms with Crippen molar-refractivity contribution in [2.75, 3.05) is 26.2 Å². The van der Waals surface area contributed by atoms with E-state index in [-0.39, 0.29) is 0 Å². The number of methoxy groups -OCH3 is 2. The Kier molecular flexibility index (Phi) is 13.1. The second kappa shape index (κ2) is 13.0. The SMILES string of the molecule is CCCCCCCCC(CCCSC)C(C)(OC)OC. The van der Waals surface area contributed by atoms with Crippen LogP contribution in [-0.2, 0) is 9.47 Å². The van der Waals surface area contributed by atoms with Crippen LogP contribution in [0, 0.1) is 5.92 Å². The molecule has 122 valence electrons. The minimum atomic E-state index is -0.415. The Morgan fingerprint density at radius 1 is 0.900 bits per heavy atom. The zero-order valence-electron chi connectivity index (χ0n) is 14.4. The maximum Gasteiger partial charge on any atom is 0.167 e. The van der Waals surface area contributed by atoms with Crippen molar-refractivity contribution in [3.05, 3.63) is 0 Å². The van der Waals surface area contributed by atoms with Crippen LogP contribution in [0.2, 0.25) is 0 Å². The monoisotopic (exact) mass is 304 g/mol. The summed E-state index contributed by atoms with van der Waals surface area (Å²) in [6, 6.07) is 0. The van der Waals surface area contributed by atoms with Crippen LogP contribution in [0.3, 0.4) is 0 Å². The molecule has 0 saturated carbocycles. The zero-order valence-corrected chi connectivity index (χ0v) is 15.2. The van der Waals surface area contributed by atoms with Gasteiger partial charge in [-0.05, 0) is 38.2 Å². The zero-order chi connectivity index (χ0) is 15.3. The van der Waals surface area contributed by atoms with Crippen molar-refractivity contribution in [2.24, 2.45) is 5.92 Å². The molecule has 0 heterocycles. The first kappa shape index (κ1) is 20.3. The summed E-state index contributed by atoms with van der Waals surface area (Å²) in [5.41, 5.74) is 0. The summed E-state index contributed by atoms with van der Waals surface area (Å²) in [5, 5.41) is 0. The van der Waals surface area contributed by atoms with Crippen LogP contribution < -0.4 is 0 Å². The molecule has 0 spiro atoms. The van der Waals surface area contributed by atoms with Gasteiger partial charge in [-0.3, -0.25) is 0 Å². The highest BCUT2D eigenvalue weighted by molar-refractivity contribution is 7.98. The van der Waals surface area contributed by atoms with Gasteiger partial charge in [0.2, 0.25) is 0 Å². The fourth-order valence-electron chi connectivity index (χ4n) is 2.73. The maximum atomic E-state index is 5.65. The molecule has 0 fully saturated rings. The standard InChI is InChI=1S/C17H36O2S/c1-6-7-8-9-10-11-13-16(14-12-15-20-5)17(2,18-3)19-4/h16H,6-15H2,1-5H3. The van der Waals surface area contributed by atoms with Gasteiger partial charge in [0.1, 0.15) is 0 Å². The lowest BCUT2D eigenvalue weighted by Gasteiger charge is -2.35. The van der Waals surface area contributed by atoms with Crippen molar-refractivity contribution in [2.45, 2.75) is 77.4 Å². The van der Waals surface area contributed by atoms with Crippen molar-refractivity contribution in [3.63, 3.8) is 0 Å². The van der Waals surface area contributed by atoms with E-state index in [1.807, 2.05) is 11.8 Å². The highest BCUT2D eigenvalue weighted by Crippen LogP contribution is 2.31. The summed E-state index contributed by atoms with van der Waals surface area (Å²) in [5.74, 6) is 1.33. The van der Waals surface area contributed by atoms with Crippen LogP contribution in [0.15, 0.2) is 0 Å². The highest BCUT2D eigenvalue weighted by Gasteiger charge is 2.33. The Bertz CT molecular complexity index is 205. The van der Waals surface area contributed by atoms with Gasteiger partial charge in [-0.1, -0.05) is 45.4 Å². The minimum absolute atomic E-state index is 0.415. The molecule has 0 bridgehead atoms. The molecule has 0 saturated heterocycles. The minimum Gasteiger partial charge on any atom is -0.353 e. The molecular formula is C17H36O2S. The lowest BCUT2D eigenvalue weighted by molar-refractivity contribution is -0.230. The Morgan fingerprint density at radius 2 is 1.45 bits per heavy atom. The van der Waals surface area contributed by atoms with Gasteiger partial charge in [-0.15, -0.1) is 0 Å². The maximum absolute atomic E-state index is 5.65. The molecule has 0 N–H and O–H groups in total. The van der Waals surface area contributed by atoms with E-state index in [1.165, 1.54) is 63.5 Å². The van der Waals surface area contributed by atoms with Crippen molar-refractivity contribution in [1.29, 1.82) is 0 Å². The molecule has 20 heavy (non-hydrogen) atoms. The predicted octanol–water partition coefficient (Wildman–Crippen LogP) is 5.51. The third-order valence-electron chi connectivity index (χ3n) is 4.36. The second-order valence-electron chi connectivity index (χ2n) is 5.81. The summed E-state index contributed by atoms with van der Waals surface area (Å²) in [7, 11) is 3.54. The van der Waals surface area contributed by atoms with Gasteiger partial charge < -0.3 is 9.47 Å². The Balaban J connectivity index is 4.10. The molecule has 1 atom stereocenters. The smallest absolute Gasteiger partial charge is 0.167 e. The quantitative estimate of drug-likeness (QED) is 0.311. The Labute approximate surface area is 131 Å². The first-order valence-electron chi connectivity index (χ1n) is 8.23. The molecule has 0 aromatic carbocycles. The van der Waals surface area contributed by atoms with Gasteiger partial charge in [0.05, 0.1) is 0 Å². The molecule has 0 aliphatic heterocycles. The molecule has 2 nitrogen and oxygen atoms in total. The number of hydrogen-bond donors (Lipinski definition) is 0. The predicted molar refractivity (Wildman–Crippen MR) is 91.5 cm³/mol. The summed E-state index contributed by atoms with van der Waals surface area (Å²) in [6.45, 7) is 4.36. The van der Waals surface area contributed by atoms with Gasteiger partial charge in [-0.25, -0.2) is 0 Å². The first-order valence-corrected chi connectivity index (χ1v) is 9.63. The number of ether oxygens (including phenoxy) is 2. The van der Waals surface area contributed by atoms with Crippen molar-refractivity contribution < 1.29 is 9.47 Å². The summed E-state index contributed by atoms with van der Waals surface area (Å²) in [6.07, 6.45) is 14.0. The lowest BCUT2D eigenvalue weighted by Crippen LogP contribution is -2.39. The molecule has 3 heteroatoms. The summed E-state index contributed by atoms with van der Waals surface area (Å²) < 4.78 is 11.3. The molecule has 0 radical (unpaired) electrons. The van der Waals surface area contributed by atoms with Gasteiger partial charge in [0.15, 0.2) is 5.79 Å². The van der Waals surface area contributed by atoms with E-state index < -0.39 is 5.79 Å². The van der Waals surface area contributed by atoms with Crippen LogP contribution in [-0.4, -0.2) is 32.0 Å². The van der Waals surface area contributed by atoms with E-state index in [9.17, 15) is 0 Å². The second-order valence-corrected chi connectivity index (χ2v) is 6.80. The average Bonchev–Trinajstić information content (AvgIpc) is 2.48. The van der Waals surface area contributed by atoms with Crippen LogP contribution in [0.4, 0.5) is 0 Å². The average molecular weight is 305 g/mol. The van der Waals surface area contributed by atoms with E-state index in [0.717, 1.165) is 0 Å². The van der Waals surface area contributed by atoms with Crippen LogP contribution in [0.5, 0.6) is 0 Å². The normalized spacial score (nSPS) is 13.7. The number of rotatable bonds is 14. The molecule has 1 unspecified atom stereocenters. The highest BCUT2D eigenvalue weighted by atomic mass is 32.2. The molecular weight excluding hydrogens is 268 g/mol. The van der Waals surface area contributed by atoms with Crippen LogP contribution in [0.25, 0.3) is 0 Å². The number of thioether (sulfide) groups is 1. The van der Waals surface area contributed by atoms with E-state index in [0.29, 0.717) is 5.92 Å². The Morgan fingerprint density at radius 3 is 2.00 bits per heavy atom. The van der Waals surface area contributed by atoms with Gasteiger partial charge in [0, 0.05) is 20.1 Å². The molecule has 0 aliphatic rings. The van der Waals surface area contributed by atoms with Crippen molar-refractivity contribution in [3.8, 4) is 0 Å². The van der Waals surface area contributed by atoms with E-state index in [1.54, 1.807) is 14.2 Å². The molecule has 0 aromatic heterocycles. The van der Waals surface area contributed by atoms with Crippen LogP contribution >= 0.6 is 11.8 Å². The van der Waals surface area contributed by atoms with Gasteiger partial charge in [-0.2, -0.15) is 11.8 Å². The molecule has 0 aromatic rings. The number of unbranched alkanes of at least 4 members (excludes halogenated alkanes) is 5. The molecule has 0 rings (SSSR count). The fourth-order valence-corrected chi connectivity index (χ4v) is 3.19.